The van der Waals surface area contributed by atoms with Crippen LogP contribution >= 0.6 is 27.3 Å². The molecule has 0 spiro atoms. The molecule has 2 unspecified atom stereocenters. The molecule has 1 aliphatic carbocycles. The average molecular weight is 330 g/mol. The van der Waals surface area contributed by atoms with Crippen LogP contribution in [0.2, 0.25) is 0 Å². The Morgan fingerprint density at radius 2 is 2.06 bits per heavy atom. The molecule has 1 N–H and O–H groups in total. The van der Waals surface area contributed by atoms with Gasteiger partial charge >= 0.3 is 0 Å². The molecule has 1 aromatic heterocycles. The molecule has 1 fully saturated rings. The molecule has 1 aromatic rings. The molecule has 1 nitrogen and oxygen atoms in total. The van der Waals surface area contributed by atoms with E-state index in [0.717, 1.165) is 12.5 Å². The number of hydrogen-bond donors (Lipinski definition) is 1. The molecule has 3 heteroatoms. The maximum Gasteiger partial charge on any atom is 0.0302 e. The molecule has 1 saturated carbocycles. The van der Waals surface area contributed by atoms with Crippen molar-refractivity contribution in [1.82, 2.24) is 5.32 Å². The standard InChI is InChI=1S/C15H24BrNS/c1-15(2,3)13-6-4-5-7-14(13)17-9-12-8-11(16)10-18-12/h8,10,13-14,17H,4-7,9H2,1-3H3. The zero-order chi connectivity index (χ0) is 13.2. The lowest BCUT2D eigenvalue weighted by molar-refractivity contribution is 0.130. The first-order valence-corrected chi connectivity index (χ1v) is 8.60. The Balaban J connectivity index is 1.93. The zero-order valence-electron chi connectivity index (χ0n) is 11.6. The summed E-state index contributed by atoms with van der Waals surface area (Å²) in [7, 11) is 0. The molecule has 1 heterocycles. The molecule has 2 atom stereocenters. The van der Waals surface area contributed by atoms with Crippen LogP contribution in [0.4, 0.5) is 0 Å². The second-order valence-corrected chi connectivity index (χ2v) is 8.39. The van der Waals surface area contributed by atoms with Crippen molar-refractivity contribution in [2.24, 2.45) is 11.3 Å². The monoisotopic (exact) mass is 329 g/mol. The second-order valence-electron chi connectivity index (χ2n) is 6.48. The van der Waals surface area contributed by atoms with Gasteiger partial charge in [0, 0.05) is 27.3 Å². The van der Waals surface area contributed by atoms with Crippen LogP contribution in [0.25, 0.3) is 0 Å². The van der Waals surface area contributed by atoms with Crippen LogP contribution in [-0.2, 0) is 6.54 Å². The normalized spacial score (nSPS) is 25.3. The highest BCUT2D eigenvalue weighted by atomic mass is 79.9. The summed E-state index contributed by atoms with van der Waals surface area (Å²) in [5.41, 5.74) is 0.425. The first kappa shape index (κ1) is 14.5. The fourth-order valence-corrected chi connectivity index (χ4v) is 4.49. The summed E-state index contributed by atoms with van der Waals surface area (Å²) in [5, 5.41) is 5.96. The highest BCUT2D eigenvalue weighted by molar-refractivity contribution is 9.10. The van der Waals surface area contributed by atoms with E-state index in [-0.39, 0.29) is 0 Å². The van der Waals surface area contributed by atoms with Crippen LogP contribution in [0.15, 0.2) is 15.9 Å². The minimum absolute atomic E-state index is 0.425. The summed E-state index contributed by atoms with van der Waals surface area (Å²) in [5.74, 6) is 0.814. The number of thiophene rings is 1. The molecule has 18 heavy (non-hydrogen) atoms. The molecule has 0 saturated heterocycles. The first-order valence-electron chi connectivity index (χ1n) is 6.93. The number of rotatable bonds is 3. The maximum atomic E-state index is 3.80. The lowest BCUT2D eigenvalue weighted by atomic mass is 9.69. The molecule has 2 rings (SSSR count). The van der Waals surface area contributed by atoms with Gasteiger partial charge in [0.15, 0.2) is 0 Å². The van der Waals surface area contributed by atoms with Crippen molar-refractivity contribution in [3.05, 3.63) is 20.8 Å². The van der Waals surface area contributed by atoms with Crippen LogP contribution in [-0.4, -0.2) is 6.04 Å². The van der Waals surface area contributed by atoms with Gasteiger partial charge in [-0.15, -0.1) is 11.3 Å². The van der Waals surface area contributed by atoms with E-state index in [1.807, 2.05) is 11.3 Å². The quantitative estimate of drug-likeness (QED) is 0.803. The molecule has 1 aliphatic rings. The Labute approximate surface area is 123 Å². The highest BCUT2D eigenvalue weighted by Crippen LogP contribution is 2.38. The Bertz CT molecular complexity index is 380. The van der Waals surface area contributed by atoms with Crippen molar-refractivity contribution >= 4 is 27.3 Å². The van der Waals surface area contributed by atoms with E-state index in [4.69, 9.17) is 0 Å². The fourth-order valence-electron chi connectivity index (χ4n) is 3.09. The van der Waals surface area contributed by atoms with Gasteiger partial charge in [0.2, 0.25) is 0 Å². The maximum absolute atomic E-state index is 3.80. The lowest BCUT2D eigenvalue weighted by Gasteiger charge is -2.41. The highest BCUT2D eigenvalue weighted by Gasteiger charge is 2.33. The van der Waals surface area contributed by atoms with Crippen molar-refractivity contribution < 1.29 is 0 Å². The molecule has 0 bridgehead atoms. The van der Waals surface area contributed by atoms with E-state index in [1.165, 1.54) is 35.0 Å². The van der Waals surface area contributed by atoms with Gasteiger partial charge in [0.1, 0.15) is 0 Å². The molecule has 0 aromatic carbocycles. The minimum Gasteiger partial charge on any atom is -0.309 e. The molecule has 0 amide bonds. The van der Waals surface area contributed by atoms with Crippen molar-refractivity contribution in [2.75, 3.05) is 0 Å². The lowest BCUT2D eigenvalue weighted by Crippen LogP contribution is -2.43. The molecular weight excluding hydrogens is 306 g/mol. The predicted octanol–water partition coefficient (Wildman–Crippen LogP) is 5.21. The smallest absolute Gasteiger partial charge is 0.0302 e. The van der Waals surface area contributed by atoms with E-state index >= 15 is 0 Å². The van der Waals surface area contributed by atoms with E-state index < -0.39 is 0 Å². The van der Waals surface area contributed by atoms with E-state index in [2.05, 4.69) is 53.5 Å². The van der Waals surface area contributed by atoms with Gasteiger partial charge in [-0.2, -0.15) is 0 Å². The number of halogens is 1. The van der Waals surface area contributed by atoms with Gasteiger partial charge < -0.3 is 5.32 Å². The summed E-state index contributed by atoms with van der Waals surface area (Å²) in [6, 6.07) is 2.92. The van der Waals surface area contributed by atoms with E-state index in [9.17, 15) is 0 Å². The third-order valence-corrected chi connectivity index (χ3v) is 5.74. The van der Waals surface area contributed by atoms with E-state index in [0.29, 0.717) is 11.5 Å². The predicted molar refractivity (Wildman–Crippen MR) is 84.1 cm³/mol. The summed E-state index contributed by atoms with van der Waals surface area (Å²) in [4.78, 5) is 1.43. The average Bonchev–Trinajstić information content (AvgIpc) is 2.72. The van der Waals surface area contributed by atoms with Crippen LogP contribution < -0.4 is 5.32 Å². The third-order valence-electron chi connectivity index (χ3n) is 4.04. The van der Waals surface area contributed by atoms with Gasteiger partial charge in [-0.1, -0.05) is 33.6 Å². The topological polar surface area (TPSA) is 12.0 Å². The zero-order valence-corrected chi connectivity index (χ0v) is 14.0. The Morgan fingerprint density at radius 1 is 1.33 bits per heavy atom. The SMILES string of the molecule is CC(C)(C)C1CCCCC1NCc1cc(Br)cs1. The molecule has 0 radical (unpaired) electrons. The largest absolute Gasteiger partial charge is 0.309 e. The van der Waals surface area contributed by atoms with Gasteiger partial charge in [-0.05, 0) is 46.2 Å². The molecular formula is C15H24BrNS. The fraction of sp³-hybridized carbons (Fsp3) is 0.733. The third kappa shape index (κ3) is 3.82. The summed E-state index contributed by atoms with van der Waals surface area (Å²) >= 11 is 5.36. The first-order chi connectivity index (χ1) is 8.47. The van der Waals surface area contributed by atoms with Crippen LogP contribution in [0.5, 0.6) is 0 Å². The van der Waals surface area contributed by atoms with Gasteiger partial charge in [0.25, 0.3) is 0 Å². The Morgan fingerprint density at radius 3 is 2.67 bits per heavy atom. The van der Waals surface area contributed by atoms with Gasteiger partial charge in [-0.3, -0.25) is 0 Å². The van der Waals surface area contributed by atoms with Crippen molar-refractivity contribution in [2.45, 2.75) is 59.0 Å². The van der Waals surface area contributed by atoms with Gasteiger partial charge in [-0.25, -0.2) is 0 Å². The van der Waals surface area contributed by atoms with Crippen LogP contribution in [0.3, 0.4) is 0 Å². The van der Waals surface area contributed by atoms with Crippen molar-refractivity contribution in [1.29, 1.82) is 0 Å². The van der Waals surface area contributed by atoms with Gasteiger partial charge in [0.05, 0.1) is 0 Å². The molecule has 0 aliphatic heterocycles. The number of hydrogen-bond acceptors (Lipinski definition) is 2. The molecule has 102 valence electrons. The second kappa shape index (κ2) is 6.06. The Kier molecular flexibility index (Phi) is 4.90. The summed E-state index contributed by atoms with van der Waals surface area (Å²) < 4.78 is 1.21. The summed E-state index contributed by atoms with van der Waals surface area (Å²) in [6.07, 6.45) is 5.52. The van der Waals surface area contributed by atoms with Crippen LogP contribution in [0, 0.1) is 11.3 Å². The number of nitrogens with one attached hydrogen (secondary N) is 1. The van der Waals surface area contributed by atoms with Crippen molar-refractivity contribution in [3.63, 3.8) is 0 Å². The van der Waals surface area contributed by atoms with Crippen LogP contribution in [0.1, 0.15) is 51.3 Å². The minimum atomic E-state index is 0.425. The Hall–Kier alpha value is 0.140. The summed E-state index contributed by atoms with van der Waals surface area (Å²) in [6.45, 7) is 8.19. The van der Waals surface area contributed by atoms with Crippen molar-refractivity contribution in [3.8, 4) is 0 Å². The van der Waals surface area contributed by atoms with E-state index in [1.54, 1.807) is 0 Å².